The minimum Gasteiger partial charge on any atom is -0.502 e. The molecule has 6 nitrogen and oxygen atoms in total. The van der Waals surface area contributed by atoms with Gasteiger partial charge in [-0.2, -0.15) is 0 Å². The van der Waals surface area contributed by atoms with E-state index < -0.39 is 4.92 Å². The molecule has 1 heterocycles. The fourth-order valence-corrected chi connectivity index (χ4v) is 2.25. The number of benzene rings is 1. The van der Waals surface area contributed by atoms with E-state index in [0.717, 1.165) is 5.69 Å². The molecule has 1 aliphatic rings. The molecule has 2 atom stereocenters. The number of nitrogens with zero attached hydrogens (tertiary/aromatic N) is 2. The molecule has 0 radical (unpaired) electrons. The van der Waals surface area contributed by atoms with Crippen LogP contribution in [0.15, 0.2) is 18.2 Å². The number of nitro groups is 1. The lowest BCUT2D eigenvalue weighted by atomic mass is 10.2. The van der Waals surface area contributed by atoms with Gasteiger partial charge in [-0.1, -0.05) is 0 Å². The third kappa shape index (κ3) is 2.53. The highest BCUT2D eigenvalue weighted by Gasteiger charge is 2.24. The first kappa shape index (κ1) is 12.6. The van der Waals surface area contributed by atoms with Crippen molar-refractivity contribution in [2.75, 3.05) is 18.0 Å². The van der Waals surface area contributed by atoms with Crippen LogP contribution in [0.5, 0.6) is 5.75 Å². The second-order valence-corrected chi connectivity index (χ2v) is 4.59. The molecular weight excluding hydrogens is 236 g/mol. The zero-order chi connectivity index (χ0) is 13.3. The third-order valence-corrected chi connectivity index (χ3v) is 2.94. The Balaban J connectivity index is 2.23. The molecular formula is C12H16N2O4. The second-order valence-electron chi connectivity index (χ2n) is 4.59. The lowest BCUT2D eigenvalue weighted by Crippen LogP contribution is -2.45. The minimum absolute atomic E-state index is 0.103. The first-order valence-corrected chi connectivity index (χ1v) is 5.85. The van der Waals surface area contributed by atoms with Crippen LogP contribution in [0, 0.1) is 10.1 Å². The number of nitro benzene ring substituents is 1. The van der Waals surface area contributed by atoms with E-state index in [9.17, 15) is 15.2 Å². The first-order chi connectivity index (χ1) is 8.47. The molecule has 0 spiro atoms. The van der Waals surface area contributed by atoms with Gasteiger partial charge in [-0.25, -0.2) is 0 Å². The lowest BCUT2D eigenvalue weighted by molar-refractivity contribution is -0.385. The number of rotatable bonds is 2. The Morgan fingerprint density at radius 3 is 2.50 bits per heavy atom. The summed E-state index contributed by atoms with van der Waals surface area (Å²) >= 11 is 0. The van der Waals surface area contributed by atoms with Gasteiger partial charge in [0.2, 0.25) is 0 Å². The summed E-state index contributed by atoms with van der Waals surface area (Å²) in [7, 11) is 0. The zero-order valence-corrected chi connectivity index (χ0v) is 10.4. The Hall–Kier alpha value is -1.82. The van der Waals surface area contributed by atoms with E-state index in [1.165, 1.54) is 12.1 Å². The van der Waals surface area contributed by atoms with Crippen molar-refractivity contribution in [2.45, 2.75) is 26.1 Å². The first-order valence-electron chi connectivity index (χ1n) is 5.85. The standard InChI is InChI=1S/C12H16N2O4/c1-8-6-13(7-9(2)18-8)10-3-4-11(14(16)17)12(15)5-10/h3-5,8-9,15H,6-7H2,1-2H3. The second kappa shape index (κ2) is 4.81. The van der Waals surface area contributed by atoms with Crippen LogP contribution >= 0.6 is 0 Å². The summed E-state index contributed by atoms with van der Waals surface area (Å²) < 4.78 is 5.62. The molecule has 1 aromatic carbocycles. The quantitative estimate of drug-likeness (QED) is 0.642. The Labute approximate surface area is 105 Å². The van der Waals surface area contributed by atoms with Gasteiger partial charge in [-0.05, 0) is 19.9 Å². The van der Waals surface area contributed by atoms with Gasteiger partial charge in [0.05, 0.1) is 17.1 Å². The summed E-state index contributed by atoms with van der Waals surface area (Å²) in [6, 6.07) is 4.42. The molecule has 1 aromatic rings. The molecule has 6 heteroatoms. The van der Waals surface area contributed by atoms with Crippen LogP contribution in [0.3, 0.4) is 0 Å². The third-order valence-electron chi connectivity index (χ3n) is 2.94. The monoisotopic (exact) mass is 252 g/mol. The number of morpholine rings is 1. The summed E-state index contributed by atoms with van der Waals surface area (Å²) in [5.74, 6) is -0.302. The fraction of sp³-hybridized carbons (Fsp3) is 0.500. The summed E-state index contributed by atoms with van der Waals surface area (Å²) in [5, 5.41) is 20.3. The highest BCUT2D eigenvalue weighted by molar-refractivity contribution is 5.58. The molecule has 98 valence electrons. The number of hydrogen-bond acceptors (Lipinski definition) is 5. The number of phenolic OH excluding ortho intramolecular Hbond substituents is 1. The lowest BCUT2D eigenvalue weighted by Gasteiger charge is -2.36. The van der Waals surface area contributed by atoms with Crippen LogP contribution in [0.4, 0.5) is 11.4 Å². The molecule has 1 saturated heterocycles. The number of hydrogen-bond donors (Lipinski definition) is 1. The molecule has 2 rings (SSSR count). The summed E-state index contributed by atoms with van der Waals surface area (Å²) in [4.78, 5) is 12.1. The normalized spacial score (nSPS) is 24.0. The van der Waals surface area contributed by atoms with Crippen LogP contribution in [0.2, 0.25) is 0 Å². The van der Waals surface area contributed by atoms with Gasteiger partial charge in [0.25, 0.3) is 0 Å². The maximum absolute atomic E-state index is 10.6. The van der Waals surface area contributed by atoms with E-state index in [-0.39, 0.29) is 23.6 Å². The Morgan fingerprint density at radius 1 is 1.39 bits per heavy atom. The summed E-state index contributed by atoms with van der Waals surface area (Å²) in [6.07, 6.45) is 0.206. The molecule has 0 bridgehead atoms. The van der Waals surface area contributed by atoms with E-state index >= 15 is 0 Å². The van der Waals surface area contributed by atoms with E-state index in [1.807, 2.05) is 13.8 Å². The maximum Gasteiger partial charge on any atom is 0.310 e. The summed E-state index contributed by atoms with van der Waals surface area (Å²) in [6.45, 7) is 5.38. The predicted molar refractivity (Wildman–Crippen MR) is 67.0 cm³/mol. The Bertz CT molecular complexity index is 453. The molecule has 18 heavy (non-hydrogen) atoms. The van der Waals surface area contributed by atoms with Gasteiger partial charge >= 0.3 is 5.69 Å². The minimum atomic E-state index is -0.594. The SMILES string of the molecule is CC1CN(c2ccc([N+](=O)[O-])c(O)c2)CC(C)O1. The van der Waals surface area contributed by atoms with Crippen molar-refractivity contribution >= 4 is 11.4 Å². The Kier molecular flexibility index (Phi) is 3.38. The number of aromatic hydroxyl groups is 1. The van der Waals surface area contributed by atoms with Crippen LogP contribution in [-0.4, -0.2) is 35.3 Å². The van der Waals surface area contributed by atoms with Gasteiger partial charge in [0.1, 0.15) is 0 Å². The van der Waals surface area contributed by atoms with Crippen molar-refractivity contribution in [3.05, 3.63) is 28.3 Å². The van der Waals surface area contributed by atoms with Crippen molar-refractivity contribution in [3.63, 3.8) is 0 Å². The van der Waals surface area contributed by atoms with E-state index in [1.54, 1.807) is 6.07 Å². The highest BCUT2D eigenvalue weighted by atomic mass is 16.6. The number of phenols is 1. The Morgan fingerprint density at radius 2 is 2.00 bits per heavy atom. The largest absolute Gasteiger partial charge is 0.502 e. The number of anilines is 1. The fourth-order valence-electron chi connectivity index (χ4n) is 2.25. The molecule has 1 N–H and O–H groups in total. The van der Waals surface area contributed by atoms with Crippen molar-refractivity contribution in [1.29, 1.82) is 0 Å². The zero-order valence-electron chi connectivity index (χ0n) is 10.4. The van der Waals surface area contributed by atoms with Crippen molar-refractivity contribution in [3.8, 4) is 5.75 Å². The van der Waals surface area contributed by atoms with E-state index in [2.05, 4.69) is 4.90 Å². The molecule has 0 amide bonds. The molecule has 1 fully saturated rings. The average molecular weight is 252 g/mol. The van der Waals surface area contributed by atoms with E-state index in [0.29, 0.717) is 13.1 Å². The molecule has 0 aliphatic carbocycles. The van der Waals surface area contributed by atoms with Crippen LogP contribution in [0.1, 0.15) is 13.8 Å². The molecule has 1 aliphatic heterocycles. The molecule has 2 unspecified atom stereocenters. The molecule has 0 aromatic heterocycles. The topological polar surface area (TPSA) is 75.8 Å². The smallest absolute Gasteiger partial charge is 0.310 e. The van der Waals surface area contributed by atoms with Crippen molar-refractivity contribution in [1.82, 2.24) is 0 Å². The van der Waals surface area contributed by atoms with Crippen molar-refractivity contribution in [2.24, 2.45) is 0 Å². The van der Waals surface area contributed by atoms with Gasteiger partial charge in [-0.3, -0.25) is 10.1 Å². The van der Waals surface area contributed by atoms with Gasteiger partial charge in [-0.15, -0.1) is 0 Å². The van der Waals surface area contributed by atoms with Crippen LogP contribution in [-0.2, 0) is 4.74 Å². The average Bonchev–Trinajstić information content (AvgIpc) is 2.26. The number of ether oxygens (including phenoxy) is 1. The van der Waals surface area contributed by atoms with Crippen LogP contribution in [0.25, 0.3) is 0 Å². The maximum atomic E-state index is 10.6. The van der Waals surface area contributed by atoms with Crippen molar-refractivity contribution < 1.29 is 14.8 Å². The van der Waals surface area contributed by atoms with Gasteiger partial charge in [0, 0.05) is 30.9 Å². The van der Waals surface area contributed by atoms with Crippen LogP contribution < -0.4 is 4.90 Å². The summed E-state index contributed by atoms with van der Waals surface area (Å²) in [5.41, 5.74) is 0.508. The highest BCUT2D eigenvalue weighted by Crippen LogP contribution is 2.31. The van der Waals surface area contributed by atoms with Gasteiger partial charge in [0.15, 0.2) is 5.75 Å². The van der Waals surface area contributed by atoms with Gasteiger partial charge < -0.3 is 14.7 Å². The molecule has 0 saturated carbocycles. The van der Waals surface area contributed by atoms with E-state index in [4.69, 9.17) is 4.74 Å². The predicted octanol–water partition coefficient (Wildman–Crippen LogP) is 1.91.